The molecule has 1 aromatic heterocycles. The van der Waals surface area contributed by atoms with E-state index in [1.54, 1.807) is 12.3 Å². The highest BCUT2D eigenvalue weighted by molar-refractivity contribution is 5.70. The van der Waals surface area contributed by atoms with Crippen molar-refractivity contribution >= 4 is 5.97 Å². The van der Waals surface area contributed by atoms with E-state index in [0.29, 0.717) is 13.0 Å². The number of halogens is 1. The Morgan fingerprint density at radius 2 is 0.718 bits per heavy atom. The third-order valence-electron chi connectivity index (χ3n) is 13.7. The Hall–Kier alpha value is -1.36. The van der Waals surface area contributed by atoms with Crippen LogP contribution in [-0.2, 0) is 4.79 Å². The van der Waals surface area contributed by atoms with E-state index in [2.05, 4.69) is 88.8 Å². The number of aliphatic carboxylic acids is 1. The molecular formula is C61H131ClN6O3. The van der Waals surface area contributed by atoms with Gasteiger partial charge in [-0.2, -0.15) is 0 Å². The second-order valence-corrected chi connectivity index (χ2v) is 22.9. The number of aromatic amines is 1. The summed E-state index contributed by atoms with van der Waals surface area (Å²) in [5, 5.41) is 20.0. The number of aromatic nitrogens is 1. The van der Waals surface area contributed by atoms with E-state index in [4.69, 9.17) is 11.5 Å². The van der Waals surface area contributed by atoms with Crippen LogP contribution in [0.3, 0.4) is 0 Å². The zero-order valence-corrected chi connectivity index (χ0v) is 51.1. The lowest BCUT2D eigenvalue weighted by molar-refractivity contribution is -0.890. The van der Waals surface area contributed by atoms with Crippen LogP contribution >= 0.6 is 0 Å². The Kier molecular flexibility index (Phi) is 65.8. The molecular weight excluding hydrogens is 900 g/mol. The van der Waals surface area contributed by atoms with Crippen LogP contribution in [0.15, 0.2) is 18.3 Å². The van der Waals surface area contributed by atoms with Crippen LogP contribution < -0.4 is 34.1 Å². The second kappa shape index (κ2) is 59.5. The zero-order valence-electron chi connectivity index (χ0n) is 50.3. The van der Waals surface area contributed by atoms with Crippen LogP contribution in [0, 0.1) is 0 Å². The number of carbonyl (C=O) groups is 1. The first-order chi connectivity index (χ1) is 33.4. The summed E-state index contributed by atoms with van der Waals surface area (Å²) in [4.78, 5) is 12.5. The van der Waals surface area contributed by atoms with Crippen LogP contribution in [0.25, 0.3) is 0 Å². The fourth-order valence-electron chi connectivity index (χ4n) is 9.17. The Bertz CT molecular complexity index is 1030. The van der Waals surface area contributed by atoms with Crippen molar-refractivity contribution in [3.05, 3.63) is 18.3 Å². The lowest BCUT2D eigenvalue weighted by atomic mass is 10.1. The Morgan fingerprint density at radius 3 is 0.901 bits per heavy atom. The molecule has 0 aromatic carbocycles. The van der Waals surface area contributed by atoms with Gasteiger partial charge in [-0.3, -0.25) is 0 Å². The van der Waals surface area contributed by atoms with Gasteiger partial charge in [0.15, 0.2) is 0 Å². The van der Waals surface area contributed by atoms with E-state index in [-0.39, 0.29) is 18.3 Å². The number of hydrogen-bond donors (Lipinski definition) is 3. The van der Waals surface area contributed by atoms with E-state index in [9.17, 15) is 15.0 Å². The number of carboxylic acids is 1. The summed E-state index contributed by atoms with van der Waals surface area (Å²) < 4.78 is 3.65. The number of H-pyrrole nitrogens is 1. The Morgan fingerprint density at radius 1 is 0.451 bits per heavy atom. The second-order valence-electron chi connectivity index (χ2n) is 22.9. The first kappa shape index (κ1) is 78.5. The highest BCUT2D eigenvalue weighted by Gasteiger charge is 2.14. The first-order valence-corrected chi connectivity index (χ1v) is 30.4. The lowest BCUT2D eigenvalue weighted by Gasteiger charge is -2.29. The molecule has 0 spiro atoms. The van der Waals surface area contributed by atoms with E-state index in [1.807, 2.05) is 0 Å². The zero-order chi connectivity index (χ0) is 53.5. The van der Waals surface area contributed by atoms with Crippen molar-refractivity contribution in [2.24, 2.45) is 11.5 Å². The number of carboxylic acid groups (broad SMARTS) is 1. The summed E-state index contributed by atoms with van der Waals surface area (Å²) >= 11 is 0. The maximum atomic E-state index is 10.0. The molecule has 1 rings (SSSR count). The molecule has 10 heteroatoms. The van der Waals surface area contributed by atoms with Crippen molar-refractivity contribution < 1.29 is 40.9 Å². The molecule has 1 aromatic rings. The Balaban J connectivity index is -0.000000264. The molecule has 0 amide bonds. The number of nitrogens with zero attached hydrogens (tertiary/aromatic N) is 3. The summed E-state index contributed by atoms with van der Waals surface area (Å²) in [7, 11) is 14.2. The molecule has 0 aliphatic rings. The van der Waals surface area contributed by atoms with Gasteiger partial charge in [-0.25, -0.2) is 0 Å². The van der Waals surface area contributed by atoms with E-state index in [1.165, 1.54) is 271 Å². The maximum Gasteiger partial charge on any atom is 0.0782 e. The number of hydrogen-bond acceptors (Lipinski definition) is 5. The molecule has 9 nitrogen and oxygen atoms in total. The highest BCUT2D eigenvalue weighted by atomic mass is 35.5. The van der Waals surface area contributed by atoms with Crippen LogP contribution in [-0.4, -0.2) is 119 Å². The first-order valence-electron chi connectivity index (χ1n) is 30.4. The molecule has 0 radical (unpaired) electrons. The highest BCUT2D eigenvalue weighted by Crippen LogP contribution is 2.15. The molecule has 0 bridgehead atoms. The number of quaternary nitrogens is 3. The number of nitrogens with two attached hydrogens (primary N) is 2. The standard InChI is InChI=1S/3C17H38N.C6H14N2O2.C4H5NO.ClH/c3*1-5-7-8-9-10-11-12-13-14-15-17-18(3,4)16-6-2;7-4-2-1-3-5(8)6(9)10;6-4-2-1-3-5-4;/h3*5-17H2,1-4H3;5H,1-4,7-8H2,(H,9,10);1-3,5-6H;1H/q3*+1;;;/p-3/t;;;5-;;/m...0../s1. The van der Waals surface area contributed by atoms with Gasteiger partial charge in [0.2, 0.25) is 0 Å². The minimum atomic E-state index is -1.18. The van der Waals surface area contributed by atoms with Gasteiger partial charge in [-0.15, -0.1) is 0 Å². The minimum Gasteiger partial charge on any atom is -1.00 e. The van der Waals surface area contributed by atoms with Gasteiger partial charge in [0.05, 0.1) is 87.5 Å². The fraction of sp³-hybridized carbons (Fsp3) is 0.918. The molecule has 430 valence electrons. The van der Waals surface area contributed by atoms with E-state index >= 15 is 0 Å². The molecule has 0 saturated carbocycles. The van der Waals surface area contributed by atoms with Gasteiger partial charge in [-0.1, -0.05) is 208 Å². The van der Waals surface area contributed by atoms with Gasteiger partial charge in [0.1, 0.15) is 0 Å². The molecule has 1 heterocycles. The predicted octanol–water partition coefficient (Wildman–Crippen LogP) is 11.5. The Labute approximate surface area is 452 Å². The molecule has 71 heavy (non-hydrogen) atoms. The van der Waals surface area contributed by atoms with Crippen molar-refractivity contribution in [3.63, 3.8) is 0 Å². The fourth-order valence-corrected chi connectivity index (χ4v) is 9.17. The van der Waals surface area contributed by atoms with Gasteiger partial charge in [-0.05, 0) is 95.3 Å². The third kappa shape index (κ3) is 70.7. The van der Waals surface area contributed by atoms with E-state index in [0.717, 1.165) is 12.8 Å². The van der Waals surface area contributed by atoms with Gasteiger partial charge in [0.25, 0.3) is 0 Å². The van der Waals surface area contributed by atoms with Crippen LogP contribution in [0.1, 0.15) is 273 Å². The topological polar surface area (TPSA) is 131 Å². The molecule has 0 aliphatic carbocycles. The summed E-state index contributed by atoms with van der Waals surface area (Å²) in [6.07, 6.45) is 50.9. The SMILES string of the molecule is CCCCCCCCCCCC[N+](C)(C)CCC.CCCCCCCCCCCC[N+](C)(C)CCC.CCCCCCCCCCCC[N+](C)(C)CCC.NCCCC[C@H](N)C(=O)[O-].[Cl-].[O-]c1ccc[nH]1. The molecule has 1 atom stereocenters. The maximum absolute atomic E-state index is 10.0. The normalized spacial score (nSPS) is 11.7. The summed E-state index contributed by atoms with van der Waals surface area (Å²) in [6, 6.07) is 2.31. The van der Waals surface area contributed by atoms with Gasteiger partial charge in [0, 0.05) is 6.04 Å². The van der Waals surface area contributed by atoms with Crippen LogP contribution in [0.2, 0.25) is 0 Å². The van der Waals surface area contributed by atoms with Crippen molar-refractivity contribution in [3.8, 4) is 5.88 Å². The van der Waals surface area contributed by atoms with Crippen LogP contribution in [0.5, 0.6) is 5.88 Å². The quantitative estimate of drug-likeness (QED) is 0.0443. The number of carbonyl (C=O) groups excluding carboxylic acids is 1. The number of unbranched alkanes of at least 4 members (excludes halogenated alkanes) is 28. The lowest BCUT2D eigenvalue weighted by Crippen LogP contribution is -3.00. The number of rotatable bonds is 44. The van der Waals surface area contributed by atoms with Crippen molar-refractivity contribution in [2.75, 3.05) is 88.1 Å². The largest absolute Gasteiger partial charge is 1.00 e. The molecule has 0 unspecified atom stereocenters. The molecule has 0 fully saturated rings. The van der Waals surface area contributed by atoms with Gasteiger partial charge >= 0.3 is 0 Å². The molecule has 5 N–H and O–H groups in total. The average Bonchev–Trinajstić information content (AvgIpc) is 3.79. The predicted molar refractivity (Wildman–Crippen MR) is 308 cm³/mol. The minimum absolute atomic E-state index is 0. The smallest absolute Gasteiger partial charge is 0.0782 e. The molecule has 0 saturated heterocycles. The summed E-state index contributed by atoms with van der Waals surface area (Å²) in [5.41, 5.74) is 10.3. The summed E-state index contributed by atoms with van der Waals surface area (Å²) in [6.45, 7) is 22.4. The molecule has 0 aliphatic heterocycles. The van der Waals surface area contributed by atoms with Crippen LogP contribution in [0.4, 0.5) is 0 Å². The number of nitrogens with one attached hydrogen (secondary N) is 1. The summed E-state index contributed by atoms with van der Waals surface area (Å²) in [5.74, 6) is -1.22. The van der Waals surface area contributed by atoms with E-state index < -0.39 is 12.0 Å². The van der Waals surface area contributed by atoms with Crippen molar-refractivity contribution in [2.45, 2.75) is 279 Å². The van der Waals surface area contributed by atoms with Crippen molar-refractivity contribution in [1.29, 1.82) is 0 Å². The third-order valence-corrected chi connectivity index (χ3v) is 13.7. The van der Waals surface area contributed by atoms with Crippen molar-refractivity contribution in [1.82, 2.24) is 4.98 Å². The van der Waals surface area contributed by atoms with Gasteiger partial charge < -0.3 is 57.3 Å². The average molecular weight is 1030 g/mol. The monoisotopic (exact) mass is 1030 g/mol.